The molecule has 100 valence electrons. The molecule has 0 fully saturated rings. The van der Waals surface area contributed by atoms with Gasteiger partial charge in [-0.25, -0.2) is 0 Å². The van der Waals surface area contributed by atoms with Gasteiger partial charge >= 0.3 is 0 Å². The molecule has 1 aromatic carbocycles. The highest BCUT2D eigenvalue weighted by atomic mass is 32.2. The largest absolute Gasteiger partial charge is 0.464 e. The second-order valence-corrected chi connectivity index (χ2v) is 6.43. The molecule has 4 heteroatoms. The topological polar surface area (TPSA) is 52.3 Å². The molecule has 0 aliphatic rings. The number of benzene rings is 1. The van der Waals surface area contributed by atoms with Crippen LogP contribution in [0.4, 0.5) is 0 Å². The lowest BCUT2D eigenvalue weighted by atomic mass is 10.0. The maximum absolute atomic E-state index is 5.72. The Labute approximate surface area is 116 Å². The zero-order valence-corrected chi connectivity index (χ0v) is 11.9. The summed E-state index contributed by atoms with van der Waals surface area (Å²) in [6, 6.07) is 4.02. The normalized spacial score (nSPS) is 12.0. The third-order valence-corrected chi connectivity index (χ3v) is 4.24. The van der Waals surface area contributed by atoms with Gasteiger partial charge in [-0.2, -0.15) is 0 Å². The summed E-state index contributed by atoms with van der Waals surface area (Å²) in [5.41, 5.74) is 8.78. The van der Waals surface area contributed by atoms with Crippen molar-refractivity contribution in [3.05, 3.63) is 30.2 Å². The smallest absolute Gasteiger partial charge is 0.148 e. The molecule has 2 heterocycles. The highest BCUT2D eigenvalue weighted by molar-refractivity contribution is 8.00. The molecule has 3 rings (SSSR count). The van der Waals surface area contributed by atoms with E-state index in [0.29, 0.717) is 11.8 Å². The Kier molecular flexibility index (Phi) is 3.29. The first-order valence-electron chi connectivity index (χ1n) is 6.48. The zero-order chi connectivity index (χ0) is 13.4. The Bertz CT molecular complexity index is 660. The van der Waals surface area contributed by atoms with Crippen LogP contribution in [0.5, 0.6) is 0 Å². The Morgan fingerprint density at radius 2 is 1.79 bits per heavy atom. The maximum Gasteiger partial charge on any atom is 0.148 e. The molecule has 0 spiro atoms. The Morgan fingerprint density at radius 1 is 1.11 bits per heavy atom. The molecule has 0 bridgehead atoms. The first-order chi connectivity index (χ1) is 9.22. The quantitative estimate of drug-likeness (QED) is 0.726. The van der Waals surface area contributed by atoms with Gasteiger partial charge in [0, 0.05) is 21.6 Å². The summed E-state index contributed by atoms with van der Waals surface area (Å²) in [5, 5.41) is 2.74. The number of rotatable bonds is 4. The zero-order valence-electron chi connectivity index (χ0n) is 11.1. The van der Waals surface area contributed by atoms with Crippen LogP contribution < -0.4 is 5.73 Å². The van der Waals surface area contributed by atoms with E-state index in [4.69, 9.17) is 14.6 Å². The van der Waals surface area contributed by atoms with Crippen LogP contribution in [0.3, 0.4) is 0 Å². The molecule has 0 radical (unpaired) electrons. The van der Waals surface area contributed by atoms with E-state index in [9.17, 15) is 0 Å². The van der Waals surface area contributed by atoms with E-state index in [-0.39, 0.29) is 0 Å². The lowest BCUT2D eigenvalue weighted by molar-refractivity contribution is 0.604. The Morgan fingerprint density at radius 3 is 2.47 bits per heavy atom. The minimum atomic E-state index is 0.492. The molecule has 2 N–H and O–H groups in total. The summed E-state index contributed by atoms with van der Waals surface area (Å²) in [5.74, 6) is 0. The fraction of sp³-hybridized carbons (Fsp3) is 0.333. The van der Waals surface area contributed by atoms with Crippen LogP contribution in [-0.4, -0.2) is 11.8 Å². The van der Waals surface area contributed by atoms with Crippen LogP contribution in [0, 0.1) is 0 Å². The lowest BCUT2D eigenvalue weighted by Crippen LogP contribution is -2.03. The van der Waals surface area contributed by atoms with Crippen molar-refractivity contribution in [3.8, 4) is 0 Å². The molecule has 0 aliphatic heterocycles. The van der Waals surface area contributed by atoms with Crippen LogP contribution in [-0.2, 0) is 6.42 Å². The van der Waals surface area contributed by atoms with Crippen molar-refractivity contribution in [1.82, 2.24) is 0 Å². The number of hydrogen-bond acceptors (Lipinski definition) is 4. The van der Waals surface area contributed by atoms with Gasteiger partial charge in [-0.15, -0.1) is 11.8 Å². The summed E-state index contributed by atoms with van der Waals surface area (Å²) >= 11 is 1.81. The average molecular weight is 275 g/mol. The predicted octanol–water partition coefficient (Wildman–Crippen LogP) is 4.18. The summed E-state index contributed by atoms with van der Waals surface area (Å²) in [6.45, 7) is 4.96. The molecule has 0 atom stereocenters. The molecule has 3 nitrogen and oxygen atoms in total. The monoisotopic (exact) mass is 275 g/mol. The fourth-order valence-corrected chi connectivity index (χ4v) is 3.46. The van der Waals surface area contributed by atoms with Crippen molar-refractivity contribution >= 4 is 33.7 Å². The van der Waals surface area contributed by atoms with Crippen molar-refractivity contribution in [2.75, 3.05) is 6.54 Å². The van der Waals surface area contributed by atoms with Crippen molar-refractivity contribution in [2.24, 2.45) is 5.73 Å². The first-order valence-corrected chi connectivity index (χ1v) is 7.36. The van der Waals surface area contributed by atoms with E-state index in [0.717, 1.165) is 33.9 Å². The van der Waals surface area contributed by atoms with E-state index in [1.165, 1.54) is 4.90 Å². The summed E-state index contributed by atoms with van der Waals surface area (Å²) in [6.07, 6.45) is 4.29. The van der Waals surface area contributed by atoms with Crippen LogP contribution in [0.1, 0.15) is 19.4 Å². The predicted molar refractivity (Wildman–Crippen MR) is 79.7 cm³/mol. The van der Waals surface area contributed by atoms with Crippen molar-refractivity contribution in [3.63, 3.8) is 0 Å². The molecule has 19 heavy (non-hydrogen) atoms. The standard InChI is InChI=1S/C15H17NO2S/c1-9(2)19-15-12-5-8-17-13(12)10(3-6-16)11-4-7-18-14(11)15/h4-5,7-9H,3,6,16H2,1-2H3. The van der Waals surface area contributed by atoms with Crippen LogP contribution >= 0.6 is 11.8 Å². The van der Waals surface area contributed by atoms with E-state index < -0.39 is 0 Å². The van der Waals surface area contributed by atoms with Gasteiger partial charge in [-0.05, 0) is 25.1 Å². The minimum absolute atomic E-state index is 0.492. The number of hydrogen-bond donors (Lipinski definition) is 1. The van der Waals surface area contributed by atoms with Crippen molar-refractivity contribution < 1.29 is 8.83 Å². The van der Waals surface area contributed by atoms with Gasteiger partial charge in [0.2, 0.25) is 0 Å². The number of thioether (sulfide) groups is 1. The second kappa shape index (κ2) is 4.94. The highest BCUT2D eigenvalue weighted by Gasteiger charge is 2.19. The van der Waals surface area contributed by atoms with Crippen molar-refractivity contribution in [1.29, 1.82) is 0 Å². The molecule has 0 unspecified atom stereocenters. The molecular formula is C15H17NO2S. The van der Waals surface area contributed by atoms with Crippen LogP contribution in [0.15, 0.2) is 38.4 Å². The van der Waals surface area contributed by atoms with Gasteiger partial charge in [0.05, 0.1) is 17.4 Å². The van der Waals surface area contributed by atoms with E-state index in [1.54, 1.807) is 12.5 Å². The van der Waals surface area contributed by atoms with Gasteiger partial charge in [0.1, 0.15) is 11.2 Å². The first kappa shape index (κ1) is 12.6. The number of furan rings is 2. The van der Waals surface area contributed by atoms with E-state index in [1.807, 2.05) is 23.9 Å². The molecule has 2 aromatic heterocycles. The van der Waals surface area contributed by atoms with Gasteiger partial charge in [0.15, 0.2) is 0 Å². The van der Waals surface area contributed by atoms with Crippen LogP contribution in [0.2, 0.25) is 0 Å². The average Bonchev–Trinajstić information content (AvgIpc) is 3.01. The van der Waals surface area contributed by atoms with E-state index in [2.05, 4.69) is 13.8 Å². The van der Waals surface area contributed by atoms with Gasteiger partial charge in [-0.1, -0.05) is 13.8 Å². The third-order valence-electron chi connectivity index (χ3n) is 3.13. The molecular weight excluding hydrogens is 258 g/mol. The molecule has 0 saturated carbocycles. The summed E-state index contributed by atoms with van der Waals surface area (Å²) in [7, 11) is 0. The fourth-order valence-electron chi connectivity index (χ4n) is 2.43. The second-order valence-electron chi connectivity index (χ2n) is 4.84. The van der Waals surface area contributed by atoms with Gasteiger partial charge in [0.25, 0.3) is 0 Å². The maximum atomic E-state index is 5.72. The third kappa shape index (κ3) is 2.05. The minimum Gasteiger partial charge on any atom is -0.464 e. The summed E-state index contributed by atoms with van der Waals surface area (Å²) in [4.78, 5) is 1.17. The van der Waals surface area contributed by atoms with Crippen molar-refractivity contribution in [2.45, 2.75) is 30.4 Å². The van der Waals surface area contributed by atoms with Gasteiger partial charge < -0.3 is 14.6 Å². The lowest BCUT2D eigenvalue weighted by Gasteiger charge is -2.10. The Balaban J connectivity index is 2.36. The molecule has 0 saturated heterocycles. The van der Waals surface area contributed by atoms with Crippen LogP contribution in [0.25, 0.3) is 21.9 Å². The number of fused-ring (bicyclic) bond motifs is 2. The van der Waals surface area contributed by atoms with E-state index >= 15 is 0 Å². The number of nitrogens with two attached hydrogens (primary N) is 1. The highest BCUT2D eigenvalue weighted by Crippen LogP contribution is 2.41. The van der Waals surface area contributed by atoms with Gasteiger partial charge in [-0.3, -0.25) is 0 Å². The summed E-state index contributed by atoms with van der Waals surface area (Å²) < 4.78 is 11.4. The SMILES string of the molecule is CC(C)Sc1c2ccoc2c(CCN)c2ccoc12. The molecule has 0 amide bonds. The molecule has 3 aromatic rings. The Hall–Kier alpha value is -1.39. The molecule has 0 aliphatic carbocycles.